The first-order valence-electron chi connectivity index (χ1n) is 9.00. The third-order valence-electron chi connectivity index (χ3n) is 3.78. The highest BCUT2D eigenvalue weighted by Crippen LogP contribution is 2.59. The van der Waals surface area contributed by atoms with Gasteiger partial charge in [-0.2, -0.15) is 0 Å². The molecule has 0 aliphatic rings. The largest absolute Gasteiger partial charge is 0.374 e. The summed E-state index contributed by atoms with van der Waals surface area (Å²) in [7, 11) is -1.93. The van der Waals surface area contributed by atoms with Gasteiger partial charge in [0.1, 0.15) is 10.6 Å². The van der Waals surface area contributed by atoms with E-state index in [-0.39, 0.29) is 22.5 Å². The van der Waals surface area contributed by atoms with Crippen LogP contribution in [0.4, 0.5) is 5.82 Å². The monoisotopic (exact) mass is 427 g/mol. The van der Waals surface area contributed by atoms with Crippen LogP contribution in [-0.4, -0.2) is 21.6 Å². The van der Waals surface area contributed by atoms with Gasteiger partial charge in [0, 0.05) is 13.2 Å². The molecule has 28 heavy (non-hydrogen) atoms. The Balaban J connectivity index is 2.40. The summed E-state index contributed by atoms with van der Waals surface area (Å²) >= 11 is 6.29. The van der Waals surface area contributed by atoms with Crippen molar-refractivity contribution in [2.24, 2.45) is 7.05 Å². The Kier molecular flexibility index (Phi) is 7.34. The molecule has 0 spiro atoms. The van der Waals surface area contributed by atoms with Crippen LogP contribution in [0.15, 0.2) is 46.1 Å². The van der Waals surface area contributed by atoms with Crippen molar-refractivity contribution in [2.45, 2.75) is 46.8 Å². The van der Waals surface area contributed by atoms with Crippen molar-refractivity contribution >= 4 is 25.0 Å². The van der Waals surface area contributed by atoms with Crippen molar-refractivity contribution in [1.82, 2.24) is 9.36 Å². The Morgan fingerprint density at radius 3 is 2.18 bits per heavy atom. The maximum absolute atomic E-state index is 13.1. The average molecular weight is 428 g/mol. The van der Waals surface area contributed by atoms with Crippen LogP contribution < -0.4 is 10.9 Å². The summed E-state index contributed by atoms with van der Waals surface area (Å²) in [5, 5.41) is 2.98. The van der Waals surface area contributed by atoms with Crippen molar-refractivity contribution in [1.29, 1.82) is 0 Å². The molecular formula is C19H27ClN3O4P. The van der Waals surface area contributed by atoms with E-state index in [4.69, 9.17) is 20.6 Å². The molecule has 1 heterocycles. The molecule has 0 atom stereocenters. The molecule has 1 aromatic carbocycles. The highest BCUT2D eigenvalue weighted by molar-refractivity contribution is 7.61. The molecule has 0 fully saturated rings. The lowest BCUT2D eigenvalue weighted by Gasteiger charge is -2.22. The Hall–Kier alpha value is -1.79. The zero-order valence-electron chi connectivity index (χ0n) is 17.0. The lowest BCUT2D eigenvalue weighted by molar-refractivity contribution is 0.148. The van der Waals surface area contributed by atoms with Crippen molar-refractivity contribution in [2.75, 3.05) is 5.32 Å². The number of nitrogens with one attached hydrogen (secondary N) is 1. The number of hydrogen-bond acceptors (Lipinski definition) is 5. The van der Waals surface area contributed by atoms with Crippen molar-refractivity contribution < 1.29 is 13.6 Å². The smallest absolute Gasteiger partial charge is 0.345 e. The molecule has 0 unspecified atom stereocenters. The van der Waals surface area contributed by atoms with Gasteiger partial charge in [0.15, 0.2) is 0 Å². The van der Waals surface area contributed by atoms with Crippen LogP contribution in [0, 0.1) is 6.92 Å². The second-order valence-corrected chi connectivity index (χ2v) is 9.44. The normalized spacial score (nSPS) is 12.8. The third kappa shape index (κ3) is 4.97. The van der Waals surface area contributed by atoms with Crippen LogP contribution in [0.25, 0.3) is 5.69 Å². The quantitative estimate of drug-likeness (QED) is 0.601. The van der Waals surface area contributed by atoms with Crippen LogP contribution in [0.2, 0.25) is 0 Å². The summed E-state index contributed by atoms with van der Waals surface area (Å²) in [5.74, 6) is 0.521. The zero-order chi connectivity index (χ0) is 21.1. The number of rotatable bonds is 8. The first-order valence-corrected chi connectivity index (χ1v) is 10.9. The molecule has 1 aromatic heterocycles. The van der Waals surface area contributed by atoms with Crippen LogP contribution in [0.3, 0.4) is 0 Å². The second-order valence-electron chi connectivity index (χ2n) is 6.87. The van der Waals surface area contributed by atoms with Gasteiger partial charge in [-0.15, -0.1) is 0 Å². The van der Waals surface area contributed by atoms with Crippen LogP contribution in [0.5, 0.6) is 0 Å². The summed E-state index contributed by atoms with van der Waals surface area (Å²) in [6.07, 6.45) is 0.679. The lowest BCUT2D eigenvalue weighted by Crippen LogP contribution is -2.20. The molecule has 0 saturated carbocycles. The molecule has 0 aliphatic carbocycles. The standard InChI is InChI=1S/C19H27ClN3O4P/c1-13(2)26-28(25,27-14(3)4)17(20)12-21-18-15(5)19(24)23(22(18)6)16-10-8-7-9-11-16/h7-14,21H,1-6H3. The zero-order valence-corrected chi connectivity index (χ0v) is 18.6. The molecular weight excluding hydrogens is 401 g/mol. The molecule has 154 valence electrons. The molecule has 1 N–H and O–H groups in total. The Bertz CT molecular complexity index is 934. The minimum Gasteiger partial charge on any atom is -0.345 e. The first kappa shape index (κ1) is 22.5. The number of para-hydroxylation sites is 1. The van der Waals surface area contributed by atoms with E-state index >= 15 is 0 Å². The molecule has 2 aromatic rings. The summed E-state index contributed by atoms with van der Waals surface area (Å²) in [5.41, 5.74) is 1.07. The third-order valence-corrected chi connectivity index (χ3v) is 6.56. The van der Waals surface area contributed by atoms with Crippen LogP contribution in [-0.2, 0) is 20.7 Å². The van der Waals surface area contributed by atoms with E-state index in [0.717, 1.165) is 5.69 Å². The van der Waals surface area contributed by atoms with E-state index < -0.39 is 7.60 Å². The number of nitrogens with zero attached hydrogens (tertiary/aromatic N) is 2. The molecule has 0 radical (unpaired) electrons. The van der Waals surface area contributed by atoms with Gasteiger partial charge in [-0.05, 0) is 46.8 Å². The van der Waals surface area contributed by atoms with E-state index in [2.05, 4.69) is 5.32 Å². The Morgan fingerprint density at radius 2 is 1.68 bits per heavy atom. The summed E-state index contributed by atoms with van der Waals surface area (Å²) in [6, 6.07) is 9.28. The van der Waals surface area contributed by atoms with Gasteiger partial charge in [-0.1, -0.05) is 29.8 Å². The van der Waals surface area contributed by atoms with E-state index in [0.29, 0.717) is 11.4 Å². The summed E-state index contributed by atoms with van der Waals surface area (Å²) in [4.78, 5) is 12.7. The molecule has 0 amide bonds. The maximum Gasteiger partial charge on any atom is 0.374 e. The number of anilines is 1. The molecule has 7 nitrogen and oxygen atoms in total. The predicted octanol–water partition coefficient (Wildman–Crippen LogP) is 4.98. The minimum atomic E-state index is -3.68. The summed E-state index contributed by atoms with van der Waals surface area (Å²) < 4.78 is 27.1. The average Bonchev–Trinajstić information content (AvgIpc) is 2.81. The van der Waals surface area contributed by atoms with Crippen molar-refractivity contribution in [3.05, 3.63) is 57.2 Å². The van der Waals surface area contributed by atoms with Crippen molar-refractivity contribution in [3.63, 3.8) is 0 Å². The number of hydrogen-bond donors (Lipinski definition) is 1. The number of aromatic nitrogens is 2. The lowest BCUT2D eigenvalue weighted by atomic mass is 10.3. The fourth-order valence-corrected chi connectivity index (χ4v) is 4.57. The van der Waals surface area contributed by atoms with Crippen LogP contribution >= 0.6 is 19.2 Å². The molecule has 0 bridgehead atoms. The maximum atomic E-state index is 13.1. The van der Waals surface area contributed by atoms with Crippen molar-refractivity contribution in [3.8, 4) is 5.69 Å². The van der Waals surface area contributed by atoms with Gasteiger partial charge in [0.2, 0.25) is 0 Å². The first-order chi connectivity index (χ1) is 13.1. The van der Waals surface area contributed by atoms with E-state index in [1.165, 1.54) is 10.9 Å². The molecule has 0 aliphatic heterocycles. The van der Waals surface area contributed by atoms with Gasteiger partial charge in [-0.25, -0.2) is 4.68 Å². The van der Waals surface area contributed by atoms with Gasteiger partial charge < -0.3 is 14.4 Å². The fraction of sp³-hybridized carbons (Fsp3) is 0.421. The number of benzene rings is 1. The topological polar surface area (TPSA) is 74.5 Å². The van der Waals surface area contributed by atoms with Gasteiger partial charge in [-0.3, -0.25) is 14.0 Å². The van der Waals surface area contributed by atoms with E-state index in [9.17, 15) is 9.36 Å². The SMILES string of the molecule is Cc1c(NC=C(Cl)P(=O)(OC(C)C)OC(C)C)n(C)n(-c2ccccc2)c1=O. The second kappa shape index (κ2) is 9.14. The molecule has 0 saturated heterocycles. The fourth-order valence-electron chi connectivity index (χ4n) is 2.69. The highest BCUT2D eigenvalue weighted by Gasteiger charge is 2.32. The Morgan fingerprint density at radius 1 is 1.14 bits per heavy atom. The van der Waals surface area contributed by atoms with Gasteiger partial charge in [0.25, 0.3) is 5.56 Å². The van der Waals surface area contributed by atoms with Crippen LogP contribution in [0.1, 0.15) is 33.3 Å². The predicted molar refractivity (Wildman–Crippen MR) is 113 cm³/mol. The Labute approximate surface area is 170 Å². The number of halogens is 1. The molecule has 9 heteroatoms. The molecule has 2 rings (SSSR count). The van der Waals surface area contributed by atoms with Gasteiger partial charge in [0.05, 0.1) is 23.5 Å². The highest BCUT2D eigenvalue weighted by atomic mass is 35.5. The van der Waals surface area contributed by atoms with E-state index in [1.54, 1.807) is 46.3 Å². The minimum absolute atomic E-state index is 0.0887. The van der Waals surface area contributed by atoms with Gasteiger partial charge >= 0.3 is 7.60 Å². The van der Waals surface area contributed by atoms with E-state index in [1.807, 2.05) is 30.3 Å². The summed E-state index contributed by atoms with van der Waals surface area (Å²) in [6.45, 7) is 8.72.